The number of thiazole rings is 1. The summed E-state index contributed by atoms with van der Waals surface area (Å²) in [5.74, 6) is -0.127. The standard InChI is InChI=1S/C16H14N2OS2/c1-10-3-6-12(7-4-10)15(19)18-16-17-13(9-20-16)14-8-5-11(2)21-14/h3-9H,1-2H3,(H,17,18,19). The molecule has 5 heteroatoms. The van der Waals surface area contributed by atoms with Gasteiger partial charge >= 0.3 is 0 Å². The van der Waals surface area contributed by atoms with Gasteiger partial charge in [-0.15, -0.1) is 22.7 Å². The van der Waals surface area contributed by atoms with Crippen molar-refractivity contribution < 1.29 is 4.79 Å². The lowest BCUT2D eigenvalue weighted by atomic mass is 10.1. The van der Waals surface area contributed by atoms with Gasteiger partial charge in [0.2, 0.25) is 0 Å². The minimum absolute atomic E-state index is 0.127. The Kier molecular flexibility index (Phi) is 3.86. The Morgan fingerprint density at radius 2 is 1.86 bits per heavy atom. The van der Waals surface area contributed by atoms with Crippen LogP contribution in [0.15, 0.2) is 41.8 Å². The zero-order chi connectivity index (χ0) is 14.8. The average Bonchev–Trinajstić information content (AvgIpc) is 3.08. The molecule has 1 amide bonds. The second kappa shape index (κ2) is 5.79. The molecule has 2 heterocycles. The third-order valence-electron chi connectivity index (χ3n) is 3.03. The molecule has 0 atom stereocenters. The Labute approximate surface area is 131 Å². The van der Waals surface area contributed by atoms with E-state index in [1.54, 1.807) is 11.3 Å². The first kappa shape index (κ1) is 14.0. The zero-order valence-corrected chi connectivity index (χ0v) is 13.3. The molecule has 0 spiro atoms. The van der Waals surface area contributed by atoms with E-state index in [0.29, 0.717) is 10.7 Å². The number of carbonyl (C=O) groups excluding carboxylic acids is 1. The number of thiophene rings is 1. The van der Waals surface area contributed by atoms with Crippen LogP contribution in [-0.2, 0) is 0 Å². The van der Waals surface area contributed by atoms with Gasteiger partial charge in [0.15, 0.2) is 5.13 Å². The number of nitrogens with zero attached hydrogens (tertiary/aromatic N) is 1. The van der Waals surface area contributed by atoms with Gasteiger partial charge in [-0.2, -0.15) is 0 Å². The topological polar surface area (TPSA) is 42.0 Å². The monoisotopic (exact) mass is 314 g/mol. The SMILES string of the molecule is Cc1ccc(C(=O)Nc2nc(-c3ccc(C)s3)cs2)cc1. The van der Waals surface area contributed by atoms with Crippen molar-refractivity contribution in [3.8, 4) is 10.6 Å². The molecule has 0 fully saturated rings. The molecule has 1 N–H and O–H groups in total. The highest BCUT2D eigenvalue weighted by atomic mass is 32.1. The molecule has 0 saturated heterocycles. The number of rotatable bonds is 3. The number of hydrogen-bond acceptors (Lipinski definition) is 4. The van der Waals surface area contributed by atoms with E-state index in [2.05, 4.69) is 29.4 Å². The van der Waals surface area contributed by atoms with Crippen molar-refractivity contribution >= 4 is 33.7 Å². The second-order valence-electron chi connectivity index (χ2n) is 4.77. The van der Waals surface area contributed by atoms with Gasteiger partial charge in [0.05, 0.1) is 10.6 Å². The van der Waals surface area contributed by atoms with Crippen LogP contribution in [0.1, 0.15) is 20.8 Å². The van der Waals surface area contributed by atoms with Crippen LogP contribution >= 0.6 is 22.7 Å². The maximum Gasteiger partial charge on any atom is 0.257 e. The second-order valence-corrected chi connectivity index (χ2v) is 6.91. The van der Waals surface area contributed by atoms with E-state index in [9.17, 15) is 4.79 Å². The summed E-state index contributed by atoms with van der Waals surface area (Å²) in [6, 6.07) is 11.6. The molecule has 106 valence electrons. The first-order valence-electron chi connectivity index (χ1n) is 6.52. The molecule has 0 unspecified atom stereocenters. The summed E-state index contributed by atoms with van der Waals surface area (Å²) in [4.78, 5) is 19.0. The lowest BCUT2D eigenvalue weighted by molar-refractivity contribution is 0.102. The van der Waals surface area contributed by atoms with Gasteiger partial charge in [-0.05, 0) is 38.1 Å². The molecule has 21 heavy (non-hydrogen) atoms. The van der Waals surface area contributed by atoms with Crippen molar-refractivity contribution in [3.05, 3.63) is 57.8 Å². The van der Waals surface area contributed by atoms with Gasteiger partial charge in [0, 0.05) is 15.8 Å². The number of anilines is 1. The molecule has 3 aromatic rings. The van der Waals surface area contributed by atoms with E-state index in [1.165, 1.54) is 16.2 Å². The Morgan fingerprint density at radius 1 is 1.10 bits per heavy atom. The molecule has 2 aromatic heterocycles. The van der Waals surface area contributed by atoms with Crippen LogP contribution in [0.2, 0.25) is 0 Å². The van der Waals surface area contributed by atoms with Crippen LogP contribution < -0.4 is 5.32 Å². The summed E-state index contributed by atoms with van der Waals surface area (Å²) in [6.07, 6.45) is 0. The Hall–Kier alpha value is -1.98. The molecule has 3 nitrogen and oxygen atoms in total. The Bertz CT molecular complexity index is 772. The van der Waals surface area contributed by atoms with Crippen molar-refractivity contribution in [1.82, 2.24) is 4.98 Å². The third-order valence-corrected chi connectivity index (χ3v) is 4.81. The zero-order valence-electron chi connectivity index (χ0n) is 11.7. The Morgan fingerprint density at radius 3 is 2.52 bits per heavy atom. The van der Waals surface area contributed by atoms with Crippen molar-refractivity contribution in [3.63, 3.8) is 0 Å². The quantitative estimate of drug-likeness (QED) is 0.758. The maximum absolute atomic E-state index is 12.1. The summed E-state index contributed by atoms with van der Waals surface area (Å²) in [6.45, 7) is 4.07. The van der Waals surface area contributed by atoms with E-state index >= 15 is 0 Å². The number of carbonyl (C=O) groups is 1. The van der Waals surface area contributed by atoms with Crippen LogP contribution in [0.3, 0.4) is 0 Å². The van der Waals surface area contributed by atoms with E-state index in [-0.39, 0.29) is 5.91 Å². The molecule has 3 rings (SSSR count). The molecule has 0 bridgehead atoms. The fraction of sp³-hybridized carbons (Fsp3) is 0.125. The minimum atomic E-state index is -0.127. The van der Waals surface area contributed by atoms with Gasteiger partial charge in [-0.25, -0.2) is 4.98 Å². The molecule has 0 saturated carbocycles. The van der Waals surface area contributed by atoms with Crippen molar-refractivity contribution in [1.29, 1.82) is 0 Å². The lowest BCUT2D eigenvalue weighted by Gasteiger charge is -2.01. The third kappa shape index (κ3) is 3.20. The highest BCUT2D eigenvalue weighted by Gasteiger charge is 2.10. The fourth-order valence-corrected chi connectivity index (χ4v) is 3.50. The van der Waals surface area contributed by atoms with Gasteiger partial charge in [0.1, 0.15) is 0 Å². The highest BCUT2D eigenvalue weighted by molar-refractivity contribution is 7.17. The van der Waals surface area contributed by atoms with Crippen molar-refractivity contribution in [2.45, 2.75) is 13.8 Å². The number of benzene rings is 1. The van der Waals surface area contributed by atoms with Crippen LogP contribution in [0.25, 0.3) is 10.6 Å². The van der Waals surface area contributed by atoms with E-state index < -0.39 is 0 Å². The van der Waals surface area contributed by atoms with Gasteiger partial charge in [0.25, 0.3) is 5.91 Å². The summed E-state index contributed by atoms with van der Waals surface area (Å²) in [7, 11) is 0. The largest absolute Gasteiger partial charge is 0.298 e. The predicted octanol–water partition coefficient (Wildman–Crippen LogP) is 4.74. The number of nitrogens with one attached hydrogen (secondary N) is 1. The van der Waals surface area contributed by atoms with Crippen LogP contribution in [0.4, 0.5) is 5.13 Å². The molecular formula is C16H14N2OS2. The van der Waals surface area contributed by atoms with Crippen LogP contribution in [0.5, 0.6) is 0 Å². The van der Waals surface area contributed by atoms with Crippen LogP contribution in [-0.4, -0.2) is 10.9 Å². The number of amides is 1. The maximum atomic E-state index is 12.1. The fourth-order valence-electron chi connectivity index (χ4n) is 1.89. The molecule has 0 aliphatic rings. The lowest BCUT2D eigenvalue weighted by Crippen LogP contribution is -2.11. The molecule has 0 aliphatic carbocycles. The number of aryl methyl sites for hydroxylation is 2. The molecule has 0 radical (unpaired) electrons. The summed E-state index contributed by atoms with van der Waals surface area (Å²) in [5.41, 5.74) is 2.69. The first-order valence-corrected chi connectivity index (χ1v) is 8.22. The van der Waals surface area contributed by atoms with E-state index in [1.807, 2.05) is 36.6 Å². The van der Waals surface area contributed by atoms with E-state index in [4.69, 9.17) is 0 Å². The van der Waals surface area contributed by atoms with Crippen LogP contribution in [0, 0.1) is 13.8 Å². The summed E-state index contributed by atoms with van der Waals surface area (Å²) in [5, 5.41) is 5.44. The molecule has 0 aliphatic heterocycles. The summed E-state index contributed by atoms with van der Waals surface area (Å²) < 4.78 is 0. The predicted molar refractivity (Wildman–Crippen MR) is 89.3 cm³/mol. The van der Waals surface area contributed by atoms with Crippen molar-refractivity contribution in [2.75, 3.05) is 5.32 Å². The van der Waals surface area contributed by atoms with Gasteiger partial charge < -0.3 is 0 Å². The average molecular weight is 314 g/mol. The van der Waals surface area contributed by atoms with Gasteiger partial charge in [-0.3, -0.25) is 10.1 Å². The molecule has 1 aromatic carbocycles. The highest BCUT2D eigenvalue weighted by Crippen LogP contribution is 2.30. The van der Waals surface area contributed by atoms with Gasteiger partial charge in [-0.1, -0.05) is 17.7 Å². The summed E-state index contributed by atoms with van der Waals surface area (Å²) >= 11 is 3.15. The smallest absolute Gasteiger partial charge is 0.257 e. The minimum Gasteiger partial charge on any atom is -0.298 e. The normalized spacial score (nSPS) is 10.6. The Balaban J connectivity index is 1.75. The first-order chi connectivity index (χ1) is 10.1. The van der Waals surface area contributed by atoms with E-state index in [0.717, 1.165) is 16.1 Å². The molecular weight excluding hydrogens is 300 g/mol. The van der Waals surface area contributed by atoms with Crippen molar-refractivity contribution in [2.24, 2.45) is 0 Å². The number of aromatic nitrogens is 1. The number of hydrogen-bond donors (Lipinski definition) is 1.